The third-order valence-corrected chi connectivity index (χ3v) is 2.96. The number of hydrogen-bond donors (Lipinski definition) is 0. The lowest BCUT2D eigenvalue weighted by Crippen LogP contribution is -1.70. The zero-order chi connectivity index (χ0) is 6.85. The Bertz CT molecular complexity index is 207. The van der Waals surface area contributed by atoms with Crippen LogP contribution in [0.4, 0.5) is 0 Å². The minimum absolute atomic E-state index is 0.877. The summed E-state index contributed by atoms with van der Waals surface area (Å²) >= 11 is 10.7. The Morgan fingerprint density at radius 2 is 2.44 bits per heavy atom. The summed E-state index contributed by atoms with van der Waals surface area (Å²) in [6, 6.07) is 2.00. The van der Waals surface area contributed by atoms with Gasteiger partial charge in [0.25, 0.3) is 0 Å². The molecule has 0 bridgehead atoms. The van der Waals surface area contributed by atoms with Gasteiger partial charge in [-0.1, -0.05) is 27.5 Å². The van der Waals surface area contributed by atoms with Gasteiger partial charge in [0.1, 0.15) is 0 Å². The van der Waals surface area contributed by atoms with Crippen molar-refractivity contribution < 1.29 is 0 Å². The van der Waals surface area contributed by atoms with E-state index in [4.69, 9.17) is 11.6 Å². The zero-order valence-electron chi connectivity index (χ0n) is 4.95. The van der Waals surface area contributed by atoms with Crippen molar-refractivity contribution in [3.05, 3.63) is 20.8 Å². The normalized spacial score (nSPS) is 10.1. The van der Waals surface area contributed by atoms with Gasteiger partial charge in [0.05, 0.1) is 4.34 Å². The molecule has 0 aliphatic heterocycles. The van der Waals surface area contributed by atoms with Gasteiger partial charge in [-0.2, -0.15) is 0 Å². The summed E-state index contributed by atoms with van der Waals surface area (Å²) in [5.41, 5.74) is 1.30. The highest BCUT2D eigenvalue weighted by Gasteiger charge is 2.00. The average molecular weight is 226 g/mol. The van der Waals surface area contributed by atoms with Crippen LogP contribution in [0, 0.1) is 6.92 Å². The molecule has 3 heteroatoms. The fourth-order valence-corrected chi connectivity index (χ4v) is 2.62. The average Bonchev–Trinajstić information content (AvgIpc) is 2.10. The number of rotatable bonds is 1. The fourth-order valence-electron chi connectivity index (χ4n) is 0.613. The second-order valence-corrected chi connectivity index (χ2v) is 4.21. The zero-order valence-corrected chi connectivity index (χ0v) is 8.11. The van der Waals surface area contributed by atoms with Gasteiger partial charge in [-0.3, -0.25) is 0 Å². The van der Waals surface area contributed by atoms with Gasteiger partial charge in [-0.25, -0.2) is 0 Å². The molecule has 0 N–H and O–H groups in total. The van der Waals surface area contributed by atoms with E-state index in [-0.39, 0.29) is 0 Å². The molecule has 0 fully saturated rings. The second-order valence-electron chi connectivity index (χ2n) is 1.77. The molecule has 0 aromatic carbocycles. The van der Waals surface area contributed by atoms with E-state index in [1.54, 1.807) is 11.3 Å². The Labute approximate surface area is 72.0 Å². The molecular weight excluding hydrogens is 219 g/mol. The fraction of sp³-hybridized carbons (Fsp3) is 0.333. The van der Waals surface area contributed by atoms with E-state index in [2.05, 4.69) is 22.9 Å². The molecule has 0 spiro atoms. The number of thiophene rings is 1. The molecule has 0 aliphatic rings. The lowest BCUT2D eigenvalue weighted by Gasteiger charge is -1.86. The summed E-state index contributed by atoms with van der Waals surface area (Å²) in [4.78, 5) is 1.30. The van der Waals surface area contributed by atoms with Gasteiger partial charge in [-0.05, 0) is 18.6 Å². The molecule has 1 aromatic rings. The molecular formula is C6H6BrClS. The Hall–Kier alpha value is 0.470. The first-order valence-electron chi connectivity index (χ1n) is 2.55. The Balaban J connectivity index is 3.01. The minimum Gasteiger partial charge on any atom is -0.128 e. The molecule has 0 saturated carbocycles. The van der Waals surface area contributed by atoms with Crippen LogP contribution in [0.5, 0.6) is 0 Å². The van der Waals surface area contributed by atoms with E-state index in [1.807, 2.05) is 6.07 Å². The summed E-state index contributed by atoms with van der Waals surface area (Å²) in [5.74, 6) is 0. The lowest BCUT2D eigenvalue weighted by atomic mass is 10.3. The molecule has 0 radical (unpaired) electrons. The molecule has 0 nitrogen and oxygen atoms in total. The lowest BCUT2D eigenvalue weighted by molar-refractivity contribution is 1.41. The highest BCUT2D eigenvalue weighted by Crippen LogP contribution is 2.26. The van der Waals surface area contributed by atoms with Crippen molar-refractivity contribution in [2.24, 2.45) is 0 Å². The molecule has 1 heterocycles. The van der Waals surface area contributed by atoms with Crippen molar-refractivity contribution in [1.82, 2.24) is 0 Å². The first kappa shape index (κ1) is 7.58. The molecule has 0 aliphatic carbocycles. The van der Waals surface area contributed by atoms with Gasteiger partial charge in [-0.15, -0.1) is 11.3 Å². The largest absolute Gasteiger partial charge is 0.128 e. The van der Waals surface area contributed by atoms with Crippen LogP contribution in [0.2, 0.25) is 4.34 Å². The number of aryl methyl sites for hydroxylation is 1. The van der Waals surface area contributed by atoms with Gasteiger partial charge in [0, 0.05) is 10.2 Å². The van der Waals surface area contributed by atoms with Gasteiger partial charge in [0.2, 0.25) is 0 Å². The maximum atomic E-state index is 5.74. The SMILES string of the molecule is Cc1sc(Cl)cc1CBr. The van der Waals surface area contributed by atoms with E-state index in [0.717, 1.165) is 9.67 Å². The van der Waals surface area contributed by atoms with Crippen LogP contribution in [-0.2, 0) is 5.33 Å². The Morgan fingerprint density at radius 3 is 2.67 bits per heavy atom. The molecule has 9 heavy (non-hydrogen) atoms. The van der Waals surface area contributed by atoms with Gasteiger partial charge in [0.15, 0.2) is 0 Å². The molecule has 0 atom stereocenters. The van der Waals surface area contributed by atoms with Crippen LogP contribution in [0.1, 0.15) is 10.4 Å². The summed E-state index contributed by atoms with van der Waals surface area (Å²) in [6.45, 7) is 2.08. The van der Waals surface area contributed by atoms with Crippen molar-refractivity contribution >= 4 is 38.9 Å². The monoisotopic (exact) mass is 224 g/mol. The number of hydrogen-bond acceptors (Lipinski definition) is 1. The summed E-state index contributed by atoms with van der Waals surface area (Å²) in [7, 11) is 0. The predicted molar refractivity (Wildman–Crippen MR) is 46.7 cm³/mol. The molecule has 0 amide bonds. The topological polar surface area (TPSA) is 0 Å². The smallest absolute Gasteiger partial charge is 0.0934 e. The second kappa shape index (κ2) is 3.04. The van der Waals surface area contributed by atoms with Crippen molar-refractivity contribution in [3.8, 4) is 0 Å². The molecule has 0 unspecified atom stereocenters. The summed E-state index contributed by atoms with van der Waals surface area (Å²) in [5, 5.41) is 0.905. The van der Waals surface area contributed by atoms with Crippen LogP contribution in [0.25, 0.3) is 0 Å². The third-order valence-electron chi connectivity index (χ3n) is 1.13. The third kappa shape index (κ3) is 1.69. The van der Waals surface area contributed by atoms with E-state index in [0.29, 0.717) is 0 Å². The maximum Gasteiger partial charge on any atom is 0.0934 e. The minimum atomic E-state index is 0.877. The number of halogens is 2. The summed E-state index contributed by atoms with van der Waals surface area (Å²) in [6.07, 6.45) is 0. The van der Waals surface area contributed by atoms with Crippen LogP contribution >= 0.6 is 38.9 Å². The Morgan fingerprint density at radius 1 is 1.78 bits per heavy atom. The first-order chi connectivity index (χ1) is 4.24. The van der Waals surface area contributed by atoms with Crippen molar-refractivity contribution in [3.63, 3.8) is 0 Å². The maximum absolute atomic E-state index is 5.74. The van der Waals surface area contributed by atoms with E-state index in [9.17, 15) is 0 Å². The molecule has 1 aromatic heterocycles. The molecule has 50 valence electrons. The molecule has 1 rings (SSSR count). The Kier molecular flexibility index (Phi) is 2.56. The number of alkyl halides is 1. The van der Waals surface area contributed by atoms with E-state index >= 15 is 0 Å². The van der Waals surface area contributed by atoms with Gasteiger partial charge < -0.3 is 0 Å². The van der Waals surface area contributed by atoms with Crippen molar-refractivity contribution in [2.45, 2.75) is 12.3 Å². The highest BCUT2D eigenvalue weighted by atomic mass is 79.9. The van der Waals surface area contributed by atoms with Crippen LogP contribution in [-0.4, -0.2) is 0 Å². The summed E-state index contributed by atoms with van der Waals surface area (Å²) < 4.78 is 0.877. The van der Waals surface area contributed by atoms with Gasteiger partial charge >= 0.3 is 0 Å². The van der Waals surface area contributed by atoms with Crippen molar-refractivity contribution in [1.29, 1.82) is 0 Å². The first-order valence-corrected chi connectivity index (χ1v) is 4.86. The van der Waals surface area contributed by atoms with Crippen LogP contribution < -0.4 is 0 Å². The van der Waals surface area contributed by atoms with Crippen molar-refractivity contribution in [2.75, 3.05) is 0 Å². The van der Waals surface area contributed by atoms with Crippen LogP contribution in [0.3, 0.4) is 0 Å². The molecule has 0 saturated heterocycles. The predicted octanol–water partition coefficient (Wildman–Crippen LogP) is 3.60. The highest BCUT2D eigenvalue weighted by molar-refractivity contribution is 9.08. The van der Waals surface area contributed by atoms with Crippen LogP contribution in [0.15, 0.2) is 6.07 Å². The standard InChI is InChI=1S/C6H6BrClS/c1-4-5(3-7)2-6(8)9-4/h2H,3H2,1H3. The van der Waals surface area contributed by atoms with E-state index < -0.39 is 0 Å². The van der Waals surface area contributed by atoms with E-state index in [1.165, 1.54) is 10.4 Å². The quantitative estimate of drug-likeness (QED) is 0.641.